The van der Waals surface area contributed by atoms with E-state index in [1.165, 1.54) is 0 Å². The Bertz CT molecular complexity index is 407. The van der Waals surface area contributed by atoms with Gasteiger partial charge < -0.3 is 4.74 Å². The predicted octanol–water partition coefficient (Wildman–Crippen LogP) is 3.28. The quantitative estimate of drug-likeness (QED) is 0.769. The van der Waals surface area contributed by atoms with Gasteiger partial charge in [0.25, 0.3) is 0 Å². The molecule has 0 aliphatic carbocycles. The lowest BCUT2D eigenvalue weighted by atomic mass is 10.1. The minimum Gasteiger partial charge on any atom is -0.462 e. The van der Waals surface area contributed by atoms with E-state index >= 15 is 0 Å². The number of rotatable bonds is 5. The van der Waals surface area contributed by atoms with Gasteiger partial charge in [0.2, 0.25) is 0 Å². The topological polar surface area (TPSA) is 29.5 Å². The van der Waals surface area contributed by atoms with Crippen LogP contribution < -0.4 is 0 Å². The predicted molar refractivity (Wildman–Crippen MR) is 73.7 cm³/mol. The number of hydrogen-bond donors (Lipinski definition) is 0. The molecule has 1 aromatic rings. The number of hydrogen-bond acceptors (Lipinski definition) is 3. The van der Waals surface area contributed by atoms with Crippen molar-refractivity contribution in [3.05, 3.63) is 34.9 Å². The molecular formula is C14H20ClNO2. The van der Waals surface area contributed by atoms with Gasteiger partial charge in [-0.25, -0.2) is 0 Å². The van der Waals surface area contributed by atoms with Crippen molar-refractivity contribution in [2.45, 2.75) is 32.9 Å². The number of ether oxygens (including phenoxy) is 1. The van der Waals surface area contributed by atoms with Crippen LogP contribution in [0.3, 0.4) is 0 Å². The summed E-state index contributed by atoms with van der Waals surface area (Å²) in [6, 6.07) is 7.78. The van der Waals surface area contributed by atoms with Crippen LogP contribution in [0, 0.1) is 0 Å². The van der Waals surface area contributed by atoms with Gasteiger partial charge in [-0.2, -0.15) is 0 Å². The van der Waals surface area contributed by atoms with Crippen molar-refractivity contribution >= 4 is 17.6 Å². The lowest BCUT2D eigenvalue weighted by Gasteiger charge is -2.24. The van der Waals surface area contributed by atoms with Crippen LogP contribution >= 0.6 is 11.6 Å². The number of carbonyl (C=O) groups excluding carboxylic acids is 1. The van der Waals surface area contributed by atoms with Crippen LogP contribution in [0.4, 0.5) is 0 Å². The van der Waals surface area contributed by atoms with E-state index in [-0.39, 0.29) is 24.7 Å². The molecule has 0 aliphatic rings. The summed E-state index contributed by atoms with van der Waals surface area (Å²) in [7, 11) is 1.90. The smallest absolute Gasteiger partial charge is 0.320 e. The van der Waals surface area contributed by atoms with Gasteiger partial charge in [0, 0.05) is 11.1 Å². The molecule has 0 spiro atoms. The monoisotopic (exact) mass is 269 g/mol. The summed E-state index contributed by atoms with van der Waals surface area (Å²) in [4.78, 5) is 13.5. The van der Waals surface area contributed by atoms with Gasteiger partial charge in [0.05, 0.1) is 12.6 Å². The summed E-state index contributed by atoms with van der Waals surface area (Å²) in [5.74, 6) is -0.207. The Labute approximate surface area is 114 Å². The summed E-state index contributed by atoms with van der Waals surface area (Å²) >= 11 is 5.96. The summed E-state index contributed by atoms with van der Waals surface area (Å²) in [6.45, 7) is 6.00. The first kappa shape index (κ1) is 15.0. The fourth-order valence-corrected chi connectivity index (χ4v) is 1.86. The zero-order chi connectivity index (χ0) is 13.7. The number of halogens is 1. The van der Waals surface area contributed by atoms with Crippen LogP contribution in [0.1, 0.15) is 32.4 Å². The Morgan fingerprint density at radius 1 is 1.39 bits per heavy atom. The molecule has 0 aliphatic heterocycles. The molecular weight excluding hydrogens is 250 g/mol. The van der Waals surface area contributed by atoms with Crippen LogP contribution in [-0.2, 0) is 9.53 Å². The molecule has 1 atom stereocenters. The van der Waals surface area contributed by atoms with Gasteiger partial charge >= 0.3 is 5.97 Å². The number of benzene rings is 1. The zero-order valence-corrected chi connectivity index (χ0v) is 12.1. The third-order valence-corrected chi connectivity index (χ3v) is 2.97. The third kappa shape index (κ3) is 4.67. The van der Waals surface area contributed by atoms with E-state index in [0.29, 0.717) is 5.02 Å². The highest BCUT2D eigenvalue weighted by molar-refractivity contribution is 6.30. The number of nitrogens with zero attached hydrogens (tertiary/aromatic N) is 1. The summed E-state index contributed by atoms with van der Waals surface area (Å²) in [5, 5.41) is 0.706. The molecule has 0 radical (unpaired) electrons. The van der Waals surface area contributed by atoms with Crippen molar-refractivity contribution in [2.24, 2.45) is 0 Å². The average Bonchev–Trinajstić information content (AvgIpc) is 2.26. The van der Waals surface area contributed by atoms with Crippen LogP contribution in [0.5, 0.6) is 0 Å². The minimum atomic E-state index is -0.207. The summed E-state index contributed by atoms with van der Waals surface area (Å²) in [6.07, 6.45) is -0.0765. The maximum atomic E-state index is 11.6. The lowest BCUT2D eigenvalue weighted by Crippen LogP contribution is -2.31. The average molecular weight is 270 g/mol. The van der Waals surface area contributed by atoms with Crippen molar-refractivity contribution < 1.29 is 9.53 Å². The molecule has 0 fully saturated rings. The fourth-order valence-electron chi connectivity index (χ4n) is 1.66. The van der Waals surface area contributed by atoms with E-state index in [0.717, 1.165) is 5.56 Å². The van der Waals surface area contributed by atoms with E-state index in [4.69, 9.17) is 16.3 Å². The molecule has 4 heteroatoms. The lowest BCUT2D eigenvalue weighted by molar-refractivity contribution is -0.148. The molecule has 0 saturated carbocycles. The first-order valence-electron chi connectivity index (χ1n) is 6.05. The highest BCUT2D eigenvalue weighted by atomic mass is 35.5. The van der Waals surface area contributed by atoms with E-state index < -0.39 is 0 Å². The first-order chi connectivity index (χ1) is 8.40. The maximum absolute atomic E-state index is 11.6. The standard InChI is InChI=1S/C14H20ClNO2/c1-10(2)18-14(17)9-16(4)11(3)12-6-5-7-13(15)8-12/h5-8,10-11H,9H2,1-4H3. The fraction of sp³-hybridized carbons (Fsp3) is 0.500. The van der Waals surface area contributed by atoms with Gasteiger partial charge in [-0.05, 0) is 45.5 Å². The Hall–Kier alpha value is -1.06. The van der Waals surface area contributed by atoms with Crippen LogP contribution in [0.25, 0.3) is 0 Å². The van der Waals surface area contributed by atoms with Crippen molar-refractivity contribution in [3.63, 3.8) is 0 Å². The number of likely N-dealkylation sites (N-methyl/N-ethyl adjacent to an activating group) is 1. The highest BCUT2D eigenvalue weighted by Gasteiger charge is 2.16. The van der Waals surface area contributed by atoms with Crippen molar-refractivity contribution in [1.29, 1.82) is 0 Å². The number of carbonyl (C=O) groups is 1. The van der Waals surface area contributed by atoms with E-state index in [1.54, 1.807) is 0 Å². The Morgan fingerprint density at radius 2 is 2.06 bits per heavy atom. The van der Waals surface area contributed by atoms with Gasteiger partial charge in [-0.15, -0.1) is 0 Å². The third-order valence-electron chi connectivity index (χ3n) is 2.74. The van der Waals surface area contributed by atoms with Crippen LogP contribution in [0.2, 0.25) is 5.02 Å². The molecule has 3 nitrogen and oxygen atoms in total. The molecule has 0 heterocycles. The summed E-state index contributed by atoms with van der Waals surface area (Å²) < 4.78 is 5.12. The SMILES string of the molecule is CC(C)OC(=O)CN(C)C(C)c1cccc(Cl)c1. The van der Waals surface area contributed by atoms with E-state index in [9.17, 15) is 4.79 Å². The maximum Gasteiger partial charge on any atom is 0.320 e. The van der Waals surface area contributed by atoms with Crippen LogP contribution in [-0.4, -0.2) is 30.6 Å². The molecule has 0 bridgehead atoms. The van der Waals surface area contributed by atoms with E-state index in [1.807, 2.05) is 57.0 Å². The van der Waals surface area contributed by atoms with Gasteiger partial charge in [-0.1, -0.05) is 23.7 Å². The summed E-state index contributed by atoms with van der Waals surface area (Å²) in [5.41, 5.74) is 1.09. The second-order valence-electron chi connectivity index (χ2n) is 4.68. The van der Waals surface area contributed by atoms with Crippen molar-refractivity contribution in [1.82, 2.24) is 4.90 Å². The normalized spacial score (nSPS) is 12.8. The minimum absolute atomic E-state index is 0.0765. The second kappa shape index (κ2) is 6.76. The molecule has 18 heavy (non-hydrogen) atoms. The van der Waals surface area contributed by atoms with Crippen molar-refractivity contribution in [2.75, 3.05) is 13.6 Å². The molecule has 0 amide bonds. The molecule has 0 saturated heterocycles. The Morgan fingerprint density at radius 3 is 2.61 bits per heavy atom. The number of esters is 1. The van der Waals surface area contributed by atoms with Gasteiger partial charge in [-0.3, -0.25) is 9.69 Å². The zero-order valence-electron chi connectivity index (χ0n) is 11.3. The molecule has 1 rings (SSSR count). The molecule has 0 aromatic heterocycles. The van der Waals surface area contributed by atoms with Crippen molar-refractivity contribution in [3.8, 4) is 0 Å². The molecule has 1 aromatic carbocycles. The molecule has 1 unspecified atom stereocenters. The van der Waals surface area contributed by atoms with Crippen LogP contribution in [0.15, 0.2) is 24.3 Å². The molecule has 100 valence electrons. The Balaban J connectivity index is 2.61. The first-order valence-corrected chi connectivity index (χ1v) is 6.43. The second-order valence-corrected chi connectivity index (χ2v) is 5.12. The largest absolute Gasteiger partial charge is 0.462 e. The Kier molecular flexibility index (Phi) is 5.63. The van der Waals surface area contributed by atoms with E-state index in [2.05, 4.69) is 0 Å². The van der Waals surface area contributed by atoms with Gasteiger partial charge in [0.15, 0.2) is 0 Å². The molecule has 0 N–H and O–H groups in total. The highest BCUT2D eigenvalue weighted by Crippen LogP contribution is 2.21. The van der Waals surface area contributed by atoms with Gasteiger partial charge in [0.1, 0.15) is 0 Å².